The van der Waals surface area contributed by atoms with Gasteiger partial charge in [-0.3, -0.25) is 0 Å². The number of aromatic nitrogens is 4. The van der Waals surface area contributed by atoms with Crippen LogP contribution in [0, 0.1) is 5.92 Å². The molecule has 0 bridgehead atoms. The molecule has 0 N–H and O–H groups in total. The van der Waals surface area contributed by atoms with Gasteiger partial charge in [-0.1, -0.05) is 37.5 Å². The van der Waals surface area contributed by atoms with E-state index in [1.807, 2.05) is 39.0 Å². The molecule has 1 aliphatic rings. The van der Waals surface area contributed by atoms with Crippen molar-refractivity contribution < 1.29 is 4.74 Å². The molecule has 130 valence electrons. The topological polar surface area (TPSA) is 56.1 Å². The Morgan fingerprint density at radius 2 is 1.88 bits per heavy atom. The summed E-state index contributed by atoms with van der Waals surface area (Å²) in [5.41, 5.74) is 2.36. The Kier molecular flexibility index (Phi) is 4.83. The minimum atomic E-state index is 0.559. The highest BCUT2D eigenvalue weighted by Crippen LogP contribution is 2.27. The third-order valence-electron chi connectivity index (χ3n) is 4.62. The fourth-order valence-corrected chi connectivity index (χ4v) is 3.73. The maximum absolute atomic E-state index is 6.00. The highest BCUT2D eigenvalue weighted by Gasteiger charge is 2.18. The van der Waals surface area contributed by atoms with Gasteiger partial charge in [0.2, 0.25) is 5.88 Å². The minimum absolute atomic E-state index is 0.559. The molecule has 1 aromatic carbocycles. The van der Waals surface area contributed by atoms with Gasteiger partial charge in [-0.15, -0.1) is 0 Å². The summed E-state index contributed by atoms with van der Waals surface area (Å²) in [4.78, 5) is 13.1. The number of para-hydroxylation sites is 1. The van der Waals surface area contributed by atoms with Crippen LogP contribution in [-0.2, 0) is 0 Å². The molecule has 7 heteroatoms. The van der Waals surface area contributed by atoms with Crippen molar-refractivity contribution in [1.82, 2.24) is 19.6 Å². The Balaban J connectivity index is 1.57. The van der Waals surface area contributed by atoms with Crippen molar-refractivity contribution in [3.05, 3.63) is 43.0 Å². The lowest BCUT2D eigenvalue weighted by molar-refractivity contribution is 0.204. The highest BCUT2D eigenvalue weighted by atomic mass is 79.9. The van der Waals surface area contributed by atoms with Crippen LogP contribution < -0.4 is 8.77 Å². The first-order chi connectivity index (χ1) is 12.3. The largest absolute Gasteiger partial charge is 0.476 e. The van der Waals surface area contributed by atoms with Crippen LogP contribution in [0.15, 0.2) is 43.0 Å². The summed E-state index contributed by atoms with van der Waals surface area (Å²) in [5, 5.41) is 0. The summed E-state index contributed by atoms with van der Waals surface area (Å²) in [5.74, 6) is 1.18. The molecule has 0 aliphatic heterocycles. The van der Waals surface area contributed by atoms with Crippen LogP contribution >= 0.6 is 16.1 Å². The van der Waals surface area contributed by atoms with Crippen molar-refractivity contribution in [2.24, 2.45) is 5.92 Å². The summed E-state index contributed by atoms with van der Waals surface area (Å²) in [6.45, 7) is 0.704. The molecular weight excluding hydrogens is 382 g/mol. The van der Waals surface area contributed by atoms with Gasteiger partial charge in [-0.05, 0) is 30.9 Å². The second-order valence-electron chi connectivity index (χ2n) is 6.35. The molecule has 0 spiro atoms. The van der Waals surface area contributed by atoms with E-state index in [-0.39, 0.29) is 0 Å². The molecule has 4 rings (SSSR count). The summed E-state index contributed by atoms with van der Waals surface area (Å²) in [6.07, 6.45) is 9.68. The molecule has 25 heavy (non-hydrogen) atoms. The van der Waals surface area contributed by atoms with E-state index in [9.17, 15) is 0 Å². The highest BCUT2D eigenvalue weighted by molar-refractivity contribution is 9.10. The first-order valence-electron chi connectivity index (χ1n) is 8.65. The zero-order valence-corrected chi connectivity index (χ0v) is 15.5. The molecular formula is C18H20BrN5O. The minimum Gasteiger partial charge on any atom is -0.476 e. The molecule has 1 aliphatic carbocycles. The van der Waals surface area contributed by atoms with Crippen LogP contribution in [0.25, 0.3) is 11.2 Å². The maximum atomic E-state index is 6.00. The van der Waals surface area contributed by atoms with E-state index in [1.54, 1.807) is 6.33 Å². The van der Waals surface area contributed by atoms with E-state index in [1.165, 1.54) is 38.4 Å². The molecule has 1 fully saturated rings. The zero-order valence-electron chi connectivity index (χ0n) is 13.9. The number of benzene rings is 1. The van der Waals surface area contributed by atoms with Crippen molar-refractivity contribution in [2.75, 3.05) is 10.6 Å². The molecule has 3 aromatic rings. The summed E-state index contributed by atoms with van der Waals surface area (Å²) >= 11 is 3.58. The number of hydrogen-bond donors (Lipinski definition) is 0. The summed E-state index contributed by atoms with van der Waals surface area (Å²) in [7, 11) is 0. The van der Waals surface area contributed by atoms with E-state index in [0.29, 0.717) is 29.6 Å². The average Bonchev–Trinajstić information content (AvgIpc) is 3.12. The number of anilines is 1. The fraction of sp³-hybridized carbons (Fsp3) is 0.389. The quantitative estimate of drug-likeness (QED) is 0.594. The van der Waals surface area contributed by atoms with Gasteiger partial charge in [-0.2, -0.15) is 4.98 Å². The first-order valence-corrected chi connectivity index (χ1v) is 9.36. The lowest BCUT2D eigenvalue weighted by Crippen LogP contribution is -2.17. The SMILES string of the molecule is BrN(c1ccccc1)n1cnc2c(OCC3CCCCC3)ncnc21. The Morgan fingerprint density at radius 3 is 2.68 bits per heavy atom. The van der Waals surface area contributed by atoms with Crippen LogP contribution in [0.1, 0.15) is 32.1 Å². The van der Waals surface area contributed by atoms with Crippen LogP contribution in [0.3, 0.4) is 0 Å². The molecule has 0 unspecified atom stereocenters. The van der Waals surface area contributed by atoms with Crippen molar-refractivity contribution in [1.29, 1.82) is 0 Å². The van der Waals surface area contributed by atoms with Crippen LogP contribution in [-0.4, -0.2) is 26.2 Å². The van der Waals surface area contributed by atoms with Gasteiger partial charge in [-0.25, -0.2) is 18.7 Å². The predicted molar refractivity (Wildman–Crippen MR) is 101 cm³/mol. The van der Waals surface area contributed by atoms with Crippen LogP contribution in [0.5, 0.6) is 5.88 Å². The van der Waals surface area contributed by atoms with Crippen LogP contribution in [0.2, 0.25) is 0 Å². The van der Waals surface area contributed by atoms with Crippen LogP contribution in [0.4, 0.5) is 5.69 Å². The monoisotopic (exact) mass is 401 g/mol. The second-order valence-corrected chi connectivity index (χ2v) is 7.02. The van der Waals surface area contributed by atoms with E-state index in [4.69, 9.17) is 4.74 Å². The van der Waals surface area contributed by atoms with Gasteiger partial charge in [0, 0.05) is 0 Å². The van der Waals surface area contributed by atoms with Gasteiger partial charge < -0.3 is 4.74 Å². The smallest absolute Gasteiger partial charge is 0.245 e. The van der Waals surface area contributed by atoms with E-state index in [0.717, 1.165) is 5.69 Å². The lowest BCUT2D eigenvalue weighted by atomic mass is 9.90. The molecule has 2 aromatic heterocycles. The van der Waals surface area contributed by atoms with E-state index >= 15 is 0 Å². The molecule has 0 amide bonds. The average molecular weight is 402 g/mol. The molecule has 0 atom stereocenters. The lowest BCUT2D eigenvalue weighted by Gasteiger charge is -2.21. The Bertz CT molecular complexity index is 832. The first kappa shape index (κ1) is 16.3. The maximum Gasteiger partial charge on any atom is 0.245 e. The van der Waals surface area contributed by atoms with Crippen molar-refractivity contribution in [2.45, 2.75) is 32.1 Å². The number of fused-ring (bicyclic) bond motifs is 1. The van der Waals surface area contributed by atoms with Gasteiger partial charge in [0.25, 0.3) is 0 Å². The van der Waals surface area contributed by atoms with Crippen molar-refractivity contribution in [3.63, 3.8) is 0 Å². The number of hydrogen-bond acceptors (Lipinski definition) is 5. The Morgan fingerprint density at radius 1 is 1.08 bits per heavy atom. The number of imidazole rings is 1. The summed E-state index contributed by atoms with van der Waals surface area (Å²) < 4.78 is 9.65. The number of rotatable bonds is 5. The fourth-order valence-electron chi connectivity index (χ4n) is 3.26. The molecule has 2 heterocycles. The molecule has 0 radical (unpaired) electrons. The van der Waals surface area contributed by atoms with Crippen molar-refractivity contribution >= 4 is 33.0 Å². The summed E-state index contributed by atoms with van der Waals surface area (Å²) in [6, 6.07) is 9.95. The second kappa shape index (κ2) is 7.39. The molecule has 1 saturated carbocycles. The molecule has 0 saturated heterocycles. The Hall–Kier alpha value is -2.15. The van der Waals surface area contributed by atoms with Crippen molar-refractivity contribution in [3.8, 4) is 5.88 Å². The standard InChI is InChI=1S/C18H20BrN5O/c19-24(15-9-5-2-6-10-15)23-13-22-16-17(23)20-12-21-18(16)25-11-14-7-3-1-4-8-14/h2,5-6,9-10,12-14H,1,3-4,7-8,11H2. The van der Waals surface area contributed by atoms with Gasteiger partial charge in [0.1, 0.15) is 12.7 Å². The van der Waals surface area contributed by atoms with E-state index in [2.05, 4.69) is 31.1 Å². The van der Waals surface area contributed by atoms with E-state index < -0.39 is 0 Å². The normalized spacial score (nSPS) is 15.4. The van der Waals surface area contributed by atoms with Gasteiger partial charge in [0.15, 0.2) is 11.2 Å². The van der Waals surface area contributed by atoms with Gasteiger partial charge in [0.05, 0.1) is 28.4 Å². The third-order valence-corrected chi connectivity index (χ3v) is 5.37. The Labute approximate surface area is 155 Å². The number of nitrogens with zero attached hydrogens (tertiary/aromatic N) is 5. The number of halogens is 1. The molecule has 6 nitrogen and oxygen atoms in total. The zero-order chi connectivity index (χ0) is 17.1. The third kappa shape index (κ3) is 3.46. The number of ether oxygens (including phenoxy) is 1. The predicted octanol–water partition coefficient (Wildman–Crippen LogP) is 4.37. The van der Waals surface area contributed by atoms with Gasteiger partial charge >= 0.3 is 0 Å².